The van der Waals surface area contributed by atoms with E-state index in [1.54, 1.807) is 0 Å². The van der Waals surface area contributed by atoms with Crippen LogP contribution in [0.25, 0.3) is 0 Å². The lowest BCUT2D eigenvalue weighted by Gasteiger charge is -2.37. The molecule has 0 spiro atoms. The van der Waals surface area contributed by atoms with Gasteiger partial charge in [-0.2, -0.15) is 0 Å². The summed E-state index contributed by atoms with van der Waals surface area (Å²) in [6, 6.07) is 6.24. The highest BCUT2D eigenvalue weighted by Crippen LogP contribution is 2.28. The molecule has 25 heavy (non-hydrogen) atoms. The van der Waals surface area contributed by atoms with E-state index in [2.05, 4.69) is 32.0 Å². The number of likely N-dealkylation sites (tertiary alicyclic amines) is 1. The second kappa shape index (κ2) is 7.59. The SMILES string of the molecule is CCN(C(=O)C1CCN(C(=O)C(C)(C)C)CC1)c1cc(C)ccc1C. The minimum Gasteiger partial charge on any atom is -0.342 e. The number of rotatable bonds is 3. The predicted octanol–water partition coefficient (Wildman–Crippen LogP) is 3.94. The molecule has 138 valence electrons. The van der Waals surface area contributed by atoms with Crippen LogP contribution < -0.4 is 4.90 Å². The summed E-state index contributed by atoms with van der Waals surface area (Å²) in [5, 5.41) is 0. The maximum atomic E-state index is 13.1. The molecule has 0 saturated carbocycles. The summed E-state index contributed by atoms with van der Waals surface area (Å²) >= 11 is 0. The minimum absolute atomic E-state index is 0.00359. The molecule has 0 unspecified atom stereocenters. The van der Waals surface area contributed by atoms with Crippen molar-refractivity contribution in [1.82, 2.24) is 4.90 Å². The molecule has 1 aromatic rings. The summed E-state index contributed by atoms with van der Waals surface area (Å²) in [6.07, 6.45) is 1.50. The van der Waals surface area contributed by atoms with Gasteiger partial charge in [-0.15, -0.1) is 0 Å². The molecule has 2 rings (SSSR count). The number of anilines is 1. The monoisotopic (exact) mass is 344 g/mol. The number of piperidine rings is 1. The number of carbonyl (C=O) groups is 2. The van der Waals surface area contributed by atoms with Crippen LogP contribution in [0.15, 0.2) is 18.2 Å². The van der Waals surface area contributed by atoms with E-state index in [1.807, 2.05) is 37.5 Å². The Morgan fingerprint density at radius 3 is 2.28 bits per heavy atom. The number of hydrogen-bond acceptors (Lipinski definition) is 2. The number of carbonyl (C=O) groups excluding carboxylic acids is 2. The van der Waals surface area contributed by atoms with Crippen LogP contribution in [0.4, 0.5) is 5.69 Å². The number of benzene rings is 1. The van der Waals surface area contributed by atoms with Crippen molar-refractivity contribution in [2.75, 3.05) is 24.5 Å². The number of hydrogen-bond donors (Lipinski definition) is 0. The molecular weight excluding hydrogens is 312 g/mol. The molecule has 1 aliphatic heterocycles. The van der Waals surface area contributed by atoms with Crippen molar-refractivity contribution in [1.29, 1.82) is 0 Å². The van der Waals surface area contributed by atoms with Gasteiger partial charge in [0.2, 0.25) is 11.8 Å². The molecule has 2 amide bonds. The quantitative estimate of drug-likeness (QED) is 0.833. The molecule has 1 heterocycles. The summed E-state index contributed by atoms with van der Waals surface area (Å²) in [4.78, 5) is 29.3. The Labute approximate surface area is 152 Å². The van der Waals surface area contributed by atoms with Gasteiger partial charge < -0.3 is 9.80 Å². The van der Waals surface area contributed by atoms with Crippen LogP contribution in [0.1, 0.15) is 51.7 Å². The number of nitrogens with zero attached hydrogens (tertiary/aromatic N) is 2. The first-order valence-electron chi connectivity index (χ1n) is 9.33. The Bertz CT molecular complexity index is 638. The Kier molecular flexibility index (Phi) is 5.91. The summed E-state index contributed by atoms with van der Waals surface area (Å²) in [5.74, 6) is 0.378. The lowest BCUT2D eigenvalue weighted by molar-refractivity contribution is -0.142. The summed E-state index contributed by atoms with van der Waals surface area (Å²) in [7, 11) is 0. The summed E-state index contributed by atoms with van der Waals surface area (Å²) < 4.78 is 0. The van der Waals surface area contributed by atoms with Crippen molar-refractivity contribution in [3.63, 3.8) is 0 Å². The molecule has 0 aromatic heterocycles. The van der Waals surface area contributed by atoms with Gasteiger partial charge in [-0.3, -0.25) is 9.59 Å². The Morgan fingerprint density at radius 1 is 1.16 bits per heavy atom. The number of amides is 2. The zero-order valence-electron chi connectivity index (χ0n) is 16.6. The lowest BCUT2D eigenvalue weighted by Crippen LogP contribution is -2.47. The highest BCUT2D eigenvalue weighted by molar-refractivity contribution is 5.96. The van der Waals surface area contributed by atoms with Crippen LogP contribution in [0, 0.1) is 25.2 Å². The van der Waals surface area contributed by atoms with Crippen LogP contribution >= 0.6 is 0 Å². The van der Waals surface area contributed by atoms with Crippen LogP contribution in [-0.4, -0.2) is 36.3 Å². The Balaban J connectivity index is 2.08. The summed E-state index contributed by atoms with van der Waals surface area (Å²) in [6.45, 7) is 14.0. The molecule has 4 nitrogen and oxygen atoms in total. The van der Waals surface area contributed by atoms with Crippen molar-refractivity contribution in [2.45, 2.75) is 54.4 Å². The van der Waals surface area contributed by atoms with Crippen molar-refractivity contribution in [3.05, 3.63) is 29.3 Å². The van der Waals surface area contributed by atoms with Gasteiger partial charge in [0.05, 0.1) is 0 Å². The van der Waals surface area contributed by atoms with E-state index < -0.39 is 0 Å². The molecule has 0 atom stereocenters. The topological polar surface area (TPSA) is 40.6 Å². The van der Waals surface area contributed by atoms with Gasteiger partial charge in [0.15, 0.2) is 0 Å². The molecule has 1 aliphatic rings. The third-order valence-corrected chi connectivity index (χ3v) is 5.01. The molecule has 0 bridgehead atoms. The number of aryl methyl sites for hydroxylation is 2. The fourth-order valence-corrected chi connectivity index (χ4v) is 3.48. The molecule has 0 aliphatic carbocycles. The standard InChI is InChI=1S/C21H32N2O2/c1-7-23(18-14-15(2)8-9-16(18)3)19(24)17-10-12-22(13-11-17)20(25)21(4,5)6/h8-9,14,17H,7,10-13H2,1-6H3. The van der Waals surface area contributed by atoms with Crippen LogP contribution in [-0.2, 0) is 9.59 Å². The van der Waals surface area contributed by atoms with E-state index in [0.29, 0.717) is 19.6 Å². The lowest BCUT2D eigenvalue weighted by atomic mass is 9.90. The fraction of sp³-hybridized carbons (Fsp3) is 0.619. The van der Waals surface area contributed by atoms with Crippen LogP contribution in [0.3, 0.4) is 0 Å². The van der Waals surface area contributed by atoms with E-state index in [0.717, 1.165) is 29.7 Å². The van der Waals surface area contributed by atoms with E-state index in [4.69, 9.17) is 0 Å². The maximum absolute atomic E-state index is 13.1. The highest BCUT2D eigenvalue weighted by Gasteiger charge is 2.34. The largest absolute Gasteiger partial charge is 0.342 e. The second-order valence-electron chi connectivity index (χ2n) is 8.19. The Hall–Kier alpha value is -1.84. The molecule has 4 heteroatoms. The van der Waals surface area contributed by atoms with E-state index >= 15 is 0 Å². The van der Waals surface area contributed by atoms with Crippen molar-refractivity contribution < 1.29 is 9.59 Å². The van der Waals surface area contributed by atoms with Gasteiger partial charge in [-0.25, -0.2) is 0 Å². The van der Waals surface area contributed by atoms with E-state index in [-0.39, 0.29) is 23.1 Å². The Morgan fingerprint density at radius 2 is 1.76 bits per heavy atom. The first-order chi connectivity index (χ1) is 11.6. The van der Waals surface area contributed by atoms with Crippen LogP contribution in [0.5, 0.6) is 0 Å². The first-order valence-corrected chi connectivity index (χ1v) is 9.33. The van der Waals surface area contributed by atoms with Gasteiger partial charge in [0, 0.05) is 36.7 Å². The second-order valence-corrected chi connectivity index (χ2v) is 8.19. The molecular formula is C21H32N2O2. The van der Waals surface area contributed by atoms with E-state index in [9.17, 15) is 9.59 Å². The minimum atomic E-state index is -0.356. The third-order valence-electron chi connectivity index (χ3n) is 5.01. The van der Waals surface area contributed by atoms with Gasteiger partial charge in [0.1, 0.15) is 0 Å². The zero-order chi connectivity index (χ0) is 18.8. The smallest absolute Gasteiger partial charge is 0.230 e. The van der Waals surface area contributed by atoms with E-state index in [1.165, 1.54) is 0 Å². The average Bonchev–Trinajstić information content (AvgIpc) is 2.57. The molecule has 1 aromatic carbocycles. The molecule has 1 fully saturated rings. The molecule has 0 radical (unpaired) electrons. The fourth-order valence-electron chi connectivity index (χ4n) is 3.48. The third kappa shape index (κ3) is 4.42. The normalized spacial score (nSPS) is 16.0. The molecule has 0 N–H and O–H groups in total. The zero-order valence-corrected chi connectivity index (χ0v) is 16.6. The van der Waals surface area contributed by atoms with Gasteiger partial charge in [0.25, 0.3) is 0 Å². The van der Waals surface area contributed by atoms with Crippen molar-refractivity contribution >= 4 is 17.5 Å². The maximum Gasteiger partial charge on any atom is 0.230 e. The van der Waals surface area contributed by atoms with Gasteiger partial charge >= 0.3 is 0 Å². The summed E-state index contributed by atoms with van der Waals surface area (Å²) in [5.41, 5.74) is 2.95. The van der Waals surface area contributed by atoms with Crippen molar-refractivity contribution in [2.24, 2.45) is 11.3 Å². The van der Waals surface area contributed by atoms with Gasteiger partial charge in [-0.1, -0.05) is 32.9 Å². The first kappa shape index (κ1) is 19.5. The predicted molar refractivity (Wildman–Crippen MR) is 103 cm³/mol. The van der Waals surface area contributed by atoms with Crippen LogP contribution in [0.2, 0.25) is 0 Å². The average molecular weight is 344 g/mol. The van der Waals surface area contributed by atoms with Gasteiger partial charge in [-0.05, 0) is 50.8 Å². The highest BCUT2D eigenvalue weighted by atomic mass is 16.2. The molecule has 1 saturated heterocycles. The van der Waals surface area contributed by atoms with Crippen molar-refractivity contribution in [3.8, 4) is 0 Å².